The maximum absolute atomic E-state index is 12.9. The number of nitrogens with one attached hydrogen (secondary N) is 1. The van der Waals surface area contributed by atoms with Crippen molar-refractivity contribution in [3.05, 3.63) is 58.7 Å². The van der Waals surface area contributed by atoms with Crippen molar-refractivity contribution < 1.29 is 22.7 Å². The van der Waals surface area contributed by atoms with Gasteiger partial charge in [-0.3, -0.25) is 4.79 Å². The molecule has 0 radical (unpaired) electrons. The number of sulfonamides is 1. The molecule has 0 fully saturated rings. The zero-order chi connectivity index (χ0) is 23.2. The van der Waals surface area contributed by atoms with Crippen molar-refractivity contribution in [1.82, 2.24) is 4.31 Å². The van der Waals surface area contributed by atoms with Crippen molar-refractivity contribution >= 4 is 27.6 Å². The third-order valence-electron chi connectivity index (χ3n) is 5.09. The van der Waals surface area contributed by atoms with E-state index in [4.69, 9.17) is 4.74 Å². The van der Waals surface area contributed by atoms with Crippen LogP contribution in [-0.4, -0.2) is 44.3 Å². The van der Waals surface area contributed by atoms with Crippen LogP contribution >= 0.6 is 0 Å². The molecule has 2 rings (SSSR count). The van der Waals surface area contributed by atoms with E-state index in [0.29, 0.717) is 24.3 Å². The van der Waals surface area contributed by atoms with Crippen molar-refractivity contribution in [2.45, 2.75) is 45.9 Å². The molecule has 0 unspecified atom stereocenters. The SMILES string of the molecule is CCc1cccc(C)c1NC(=O)COC(=O)c1ccc(C)c(S(=O)(=O)N(CC)CC)c1. The van der Waals surface area contributed by atoms with Gasteiger partial charge in [-0.15, -0.1) is 0 Å². The first-order valence-electron chi connectivity index (χ1n) is 10.3. The number of para-hydroxylation sites is 1. The highest BCUT2D eigenvalue weighted by Crippen LogP contribution is 2.23. The lowest BCUT2D eigenvalue weighted by Gasteiger charge is -2.20. The summed E-state index contributed by atoms with van der Waals surface area (Å²) >= 11 is 0. The van der Waals surface area contributed by atoms with E-state index in [9.17, 15) is 18.0 Å². The number of anilines is 1. The number of hydrogen-bond donors (Lipinski definition) is 1. The summed E-state index contributed by atoms with van der Waals surface area (Å²) in [7, 11) is -3.73. The monoisotopic (exact) mass is 446 g/mol. The summed E-state index contributed by atoms with van der Waals surface area (Å²) in [4.78, 5) is 24.9. The molecule has 31 heavy (non-hydrogen) atoms. The Bertz CT molecular complexity index is 1060. The van der Waals surface area contributed by atoms with Crippen LogP contribution in [0.3, 0.4) is 0 Å². The van der Waals surface area contributed by atoms with E-state index in [1.807, 2.05) is 32.0 Å². The summed E-state index contributed by atoms with van der Waals surface area (Å²) in [5.41, 5.74) is 3.24. The molecule has 0 aromatic heterocycles. The molecule has 0 aliphatic heterocycles. The summed E-state index contributed by atoms with van der Waals surface area (Å²) < 4.78 is 32.2. The fraction of sp³-hybridized carbons (Fsp3) is 0.391. The molecular formula is C23H30N2O5S. The number of aryl methyl sites for hydroxylation is 3. The molecule has 1 amide bonds. The van der Waals surface area contributed by atoms with Gasteiger partial charge in [-0.25, -0.2) is 13.2 Å². The van der Waals surface area contributed by atoms with E-state index in [1.165, 1.54) is 16.4 Å². The summed E-state index contributed by atoms with van der Waals surface area (Å²) in [6.07, 6.45) is 0.754. The predicted molar refractivity (Wildman–Crippen MR) is 121 cm³/mol. The molecule has 1 N–H and O–H groups in total. The number of esters is 1. The Morgan fingerprint density at radius 1 is 1.00 bits per heavy atom. The largest absolute Gasteiger partial charge is 0.452 e. The summed E-state index contributed by atoms with van der Waals surface area (Å²) in [5.74, 6) is -1.22. The average molecular weight is 447 g/mol. The Labute approximate surface area is 184 Å². The molecule has 7 nitrogen and oxygen atoms in total. The lowest BCUT2D eigenvalue weighted by molar-refractivity contribution is -0.119. The molecule has 0 saturated carbocycles. The fourth-order valence-electron chi connectivity index (χ4n) is 3.30. The van der Waals surface area contributed by atoms with E-state index in [1.54, 1.807) is 26.8 Å². The highest BCUT2D eigenvalue weighted by Gasteiger charge is 2.25. The van der Waals surface area contributed by atoms with Crippen LogP contribution in [0.5, 0.6) is 0 Å². The van der Waals surface area contributed by atoms with Crippen LogP contribution < -0.4 is 5.32 Å². The minimum atomic E-state index is -3.73. The Balaban J connectivity index is 2.14. The van der Waals surface area contributed by atoms with Gasteiger partial charge in [-0.05, 0) is 49.1 Å². The van der Waals surface area contributed by atoms with Gasteiger partial charge in [0, 0.05) is 18.8 Å². The quantitative estimate of drug-likeness (QED) is 0.593. The molecule has 0 aliphatic rings. The first-order valence-corrected chi connectivity index (χ1v) is 11.8. The Morgan fingerprint density at radius 3 is 2.29 bits per heavy atom. The van der Waals surface area contributed by atoms with E-state index in [0.717, 1.165) is 17.5 Å². The second-order valence-electron chi connectivity index (χ2n) is 7.16. The van der Waals surface area contributed by atoms with Crippen molar-refractivity contribution in [2.24, 2.45) is 0 Å². The second-order valence-corrected chi connectivity index (χ2v) is 9.06. The smallest absolute Gasteiger partial charge is 0.338 e. The third-order valence-corrected chi connectivity index (χ3v) is 7.28. The summed E-state index contributed by atoms with van der Waals surface area (Å²) in [6, 6.07) is 10.1. The van der Waals surface area contributed by atoms with Gasteiger partial charge in [-0.2, -0.15) is 4.31 Å². The molecule has 0 atom stereocenters. The predicted octanol–water partition coefficient (Wildman–Crippen LogP) is 3.69. The number of rotatable bonds is 9. The van der Waals surface area contributed by atoms with Crippen LogP contribution in [0.2, 0.25) is 0 Å². The molecule has 8 heteroatoms. The van der Waals surface area contributed by atoms with Crippen LogP contribution in [-0.2, 0) is 26.0 Å². The Hall–Kier alpha value is -2.71. The lowest BCUT2D eigenvalue weighted by Crippen LogP contribution is -2.31. The summed E-state index contributed by atoms with van der Waals surface area (Å²) in [6.45, 7) is 9.25. The first kappa shape index (κ1) is 24.6. The topological polar surface area (TPSA) is 92.8 Å². The van der Waals surface area contributed by atoms with Gasteiger partial charge in [0.05, 0.1) is 10.5 Å². The molecule has 0 bridgehead atoms. The molecule has 0 aliphatic carbocycles. The van der Waals surface area contributed by atoms with Gasteiger partial charge in [0.1, 0.15) is 0 Å². The van der Waals surface area contributed by atoms with Crippen LogP contribution in [0.15, 0.2) is 41.3 Å². The van der Waals surface area contributed by atoms with E-state index in [2.05, 4.69) is 5.32 Å². The van der Waals surface area contributed by atoms with Crippen LogP contribution in [0.4, 0.5) is 5.69 Å². The maximum atomic E-state index is 12.9. The number of benzene rings is 2. The molecular weight excluding hydrogens is 416 g/mol. The van der Waals surface area contributed by atoms with E-state index < -0.39 is 28.5 Å². The molecule has 2 aromatic carbocycles. The number of carbonyl (C=O) groups is 2. The Morgan fingerprint density at radius 2 is 1.68 bits per heavy atom. The number of carbonyl (C=O) groups excluding carboxylic acids is 2. The number of nitrogens with zero attached hydrogens (tertiary/aromatic N) is 1. The van der Waals surface area contributed by atoms with Crippen molar-refractivity contribution in [3.8, 4) is 0 Å². The fourth-order valence-corrected chi connectivity index (χ4v) is 5.01. The van der Waals surface area contributed by atoms with E-state index >= 15 is 0 Å². The summed E-state index contributed by atoms with van der Waals surface area (Å²) in [5, 5.41) is 2.79. The zero-order valence-corrected chi connectivity index (χ0v) is 19.5. The van der Waals surface area contributed by atoms with Gasteiger partial charge in [0.15, 0.2) is 6.61 Å². The van der Waals surface area contributed by atoms with Gasteiger partial charge >= 0.3 is 5.97 Å². The normalized spacial score (nSPS) is 11.4. The van der Waals surface area contributed by atoms with Crippen molar-refractivity contribution in [1.29, 1.82) is 0 Å². The van der Waals surface area contributed by atoms with Gasteiger partial charge in [-0.1, -0.05) is 45.0 Å². The highest BCUT2D eigenvalue weighted by atomic mass is 32.2. The Kier molecular flexibility index (Phi) is 8.36. The van der Waals surface area contributed by atoms with Crippen molar-refractivity contribution in [3.63, 3.8) is 0 Å². The van der Waals surface area contributed by atoms with E-state index in [-0.39, 0.29) is 10.5 Å². The molecule has 168 valence electrons. The average Bonchev–Trinajstić information content (AvgIpc) is 2.74. The lowest BCUT2D eigenvalue weighted by atomic mass is 10.1. The zero-order valence-electron chi connectivity index (χ0n) is 18.7. The third kappa shape index (κ3) is 5.71. The van der Waals surface area contributed by atoms with Crippen LogP contribution in [0.1, 0.15) is 47.8 Å². The second kappa shape index (κ2) is 10.5. The number of ether oxygens (including phenoxy) is 1. The minimum Gasteiger partial charge on any atom is -0.452 e. The van der Waals surface area contributed by atoms with Gasteiger partial charge in [0.2, 0.25) is 10.0 Å². The van der Waals surface area contributed by atoms with Gasteiger partial charge in [0.25, 0.3) is 5.91 Å². The molecule has 0 spiro atoms. The van der Waals surface area contributed by atoms with Crippen LogP contribution in [0.25, 0.3) is 0 Å². The van der Waals surface area contributed by atoms with Crippen LogP contribution in [0, 0.1) is 13.8 Å². The standard InChI is InChI=1S/C23H30N2O5S/c1-6-18-11-9-10-17(5)22(18)24-21(26)15-30-23(27)19-13-12-16(4)20(14-19)31(28,29)25(7-2)8-3/h9-14H,6-8,15H2,1-5H3,(H,24,26). The molecule has 0 heterocycles. The highest BCUT2D eigenvalue weighted by molar-refractivity contribution is 7.89. The number of amides is 1. The maximum Gasteiger partial charge on any atom is 0.338 e. The minimum absolute atomic E-state index is 0.0580. The molecule has 0 saturated heterocycles. The first-order chi connectivity index (χ1) is 14.6. The number of hydrogen-bond acceptors (Lipinski definition) is 5. The molecule has 2 aromatic rings. The van der Waals surface area contributed by atoms with Gasteiger partial charge < -0.3 is 10.1 Å². The van der Waals surface area contributed by atoms with Crippen molar-refractivity contribution in [2.75, 3.05) is 25.0 Å².